The lowest BCUT2D eigenvalue weighted by Crippen LogP contribution is -2.21. The minimum Gasteiger partial charge on any atom is -0.436 e. The fourth-order valence-corrected chi connectivity index (χ4v) is 1.42. The smallest absolute Gasteiger partial charge is 0.304 e. The molecule has 18 heavy (non-hydrogen) atoms. The molecule has 0 aromatic carbocycles. The van der Waals surface area contributed by atoms with Crippen molar-refractivity contribution in [3.05, 3.63) is 0 Å². The second-order valence-electron chi connectivity index (χ2n) is 4.37. The summed E-state index contributed by atoms with van der Waals surface area (Å²) in [6.07, 6.45) is 5.46. The molecular formula is C14H28O4. The van der Waals surface area contributed by atoms with Crippen molar-refractivity contribution in [2.45, 2.75) is 65.6 Å². The predicted octanol–water partition coefficient (Wildman–Crippen LogP) is 3.29. The van der Waals surface area contributed by atoms with Crippen molar-refractivity contribution in [1.29, 1.82) is 0 Å². The van der Waals surface area contributed by atoms with Gasteiger partial charge in [0, 0.05) is 26.6 Å². The third-order valence-corrected chi connectivity index (χ3v) is 2.47. The zero-order valence-corrected chi connectivity index (χ0v) is 12.1. The van der Waals surface area contributed by atoms with Crippen molar-refractivity contribution in [3.63, 3.8) is 0 Å². The van der Waals surface area contributed by atoms with Crippen LogP contribution in [0.4, 0.5) is 0 Å². The molecule has 4 nitrogen and oxygen atoms in total. The number of carbonyl (C=O) groups is 1. The summed E-state index contributed by atoms with van der Waals surface area (Å²) < 4.78 is 16.1. The number of hydrogen-bond acceptors (Lipinski definition) is 4. The van der Waals surface area contributed by atoms with Crippen LogP contribution in [0.2, 0.25) is 0 Å². The molecule has 0 aliphatic carbocycles. The molecule has 0 saturated heterocycles. The highest BCUT2D eigenvalue weighted by atomic mass is 16.7. The Balaban J connectivity index is 3.61. The molecule has 0 aromatic rings. The molecule has 0 bridgehead atoms. The third kappa shape index (κ3) is 11.9. The number of rotatable bonds is 12. The molecule has 1 atom stereocenters. The standard InChI is InChI=1S/C14H28O4/c1-4-6-10-16-11-8-9-14(18-13(3)15)17-12-7-5-2/h14H,4-12H2,1-3H3. The Bertz CT molecular complexity index is 194. The van der Waals surface area contributed by atoms with Crippen LogP contribution >= 0.6 is 0 Å². The Kier molecular flexibility index (Phi) is 12.4. The van der Waals surface area contributed by atoms with Gasteiger partial charge in [-0.15, -0.1) is 0 Å². The highest BCUT2D eigenvalue weighted by molar-refractivity contribution is 5.66. The molecular weight excluding hydrogens is 232 g/mol. The fraction of sp³-hybridized carbons (Fsp3) is 0.929. The topological polar surface area (TPSA) is 44.8 Å². The second kappa shape index (κ2) is 12.8. The molecule has 0 aromatic heterocycles. The van der Waals surface area contributed by atoms with Crippen molar-refractivity contribution in [1.82, 2.24) is 0 Å². The van der Waals surface area contributed by atoms with Crippen molar-refractivity contribution >= 4 is 5.97 Å². The monoisotopic (exact) mass is 260 g/mol. The van der Waals surface area contributed by atoms with Gasteiger partial charge in [0.15, 0.2) is 0 Å². The highest BCUT2D eigenvalue weighted by Gasteiger charge is 2.11. The first-order valence-corrected chi connectivity index (χ1v) is 7.07. The maximum Gasteiger partial charge on any atom is 0.304 e. The van der Waals surface area contributed by atoms with Crippen molar-refractivity contribution in [2.24, 2.45) is 0 Å². The first-order chi connectivity index (χ1) is 8.70. The lowest BCUT2D eigenvalue weighted by atomic mass is 10.3. The van der Waals surface area contributed by atoms with Gasteiger partial charge in [-0.1, -0.05) is 26.7 Å². The minimum absolute atomic E-state index is 0.289. The summed E-state index contributed by atoms with van der Waals surface area (Å²) in [4.78, 5) is 10.9. The Labute approximate surface area is 111 Å². The van der Waals surface area contributed by atoms with E-state index < -0.39 is 6.29 Å². The Morgan fingerprint density at radius 3 is 2.22 bits per heavy atom. The molecule has 0 aliphatic rings. The molecule has 0 heterocycles. The number of hydrogen-bond donors (Lipinski definition) is 0. The zero-order chi connectivity index (χ0) is 13.6. The minimum atomic E-state index is -0.413. The third-order valence-electron chi connectivity index (χ3n) is 2.47. The largest absolute Gasteiger partial charge is 0.436 e. The summed E-state index contributed by atoms with van der Waals surface area (Å²) >= 11 is 0. The number of carbonyl (C=O) groups excluding carboxylic acids is 1. The van der Waals surface area contributed by atoms with E-state index in [4.69, 9.17) is 14.2 Å². The van der Waals surface area contributed by atoms with Crippen LogP contribution in [0, 0.1) is 0 Å². The Hall–Kier alpha value is -0.610. The molecule has 4 heteroatoms. The van der Waals surface area contributed by atoms with Crippen LogP contribution in [0.1, 0.15) is 59.3 Å². The molecule has 0 aliphatic heterocycles. The summed E-state index contributed by atoms with van der Waals surface area (Å²) in [6, 6.07) is 0. The van der Waals surface area contributed by atoms with Gasteiger partial charge < -0.3 is 14.2 Å². The normalized spacial score (nSPS) is 12.4. The quantitative estimate of drug-likeness (QED) is 0.307. The summed E-state index contributed by atoms with van der Waals surface area (Å²) in [5, 5.41) is 0. The van der Waals surface area contributed by atoms with Crippen LogP contribution in [0.25, 0.3) is 0 Å². The molecule has 0 N–H and O–H groups in total. The van der Waals surface area contributed by atoms with Crippen LogP contribution in [-0.2, 0) is 19.0 Å². The van der Waals surface area contributed by atoms with Gasteiger partial charge in [0.2, 0.25) is 6.29 Å². The molecule has 108 valence electrons. The summed E-state index contributed by atoms with van der Waals surface area (Å²) in [6.45, 7) is 7.81. The van der Waals surface area contributed by atoms with E-state index in [0.29, 0.717) is 19.6 Å². The summed E-state index contributed by atoms with van der Waals surface area (Å²) in [5.41, 5.74) is 0. The SMILES string of the molecule is CCCCOCCCC(OCCCC)OC(C)=O. The van der Waals surface area contributed by atoms with Gasteiger partial charge in [-0.25, -0.2) is 0 Å². The van der Waals surface area contributed by atoms with E-state index in [1.165, 1.54) is 6.92 Å². The van der Waals surface area contributed by atoms with Crippen LogP contribution < -0.4 is 0 Å². The summed E-state index contributed by atoms with van der Waals surface area (Å²) in [5.74, 6) is -0.289. The van der Waals surface area contributed by atoms with E-state index in [9.17, 15) is 4.79 Å². The number of ether oxygens (including phenoxy) is 3. The molecule has 0 radical (unpaired) electrons. The molecule has 0 saturated carbocycles. The average molecular weight is 260 g/mol. The van der Waals surface area contributed by atoms with Crippen molar-refractivity contribution in [2.75, 3.05) is 19.8 Å². The van der Waals surface area contributed by atoms with E-state index >= 15 is 0 Å². The number of esters is 1. The predicted molar refractivity (Wildman–Crippen MR) is 71.4 cm³/mol. The molecule has 1 unspecified atom stereocenters. The van der Waals surface area contributed by atoms with E-state index in [0.717, 1.165) is 38.7 Å². The Morgan fingerprint density at radius 2 is 1.61 bits per heavy atom. The second-order valence-corrected chi connectivity index (χ2v) is 4.37. The van der Waals surface area contributed by atoms with Crippen LogP contribution in [-0.4, -0.2) is 32.1 Å². The van der Waals surface area contributed by atoms with Crippen LogP contribution in [0.5, 0.6) is 0 Å². The zero-order valence-electron chi connectivity index (χ0n) is 12.1. The maximum absolute atomic E-state index is 10.9. The van der Waals surface area contributed by atoms with Gasteiger partial charge in [-0.05, 0) is 19.3 Å². The van der Waals surface area contributed by atoms with Crippen molar-refractivity contribution in [3.8, 4) is 0 Å². The Morgan fingerprint density at radius 1 is 1.00 bits per heavy atom. The van der Waals surface area contributed by atoms with E-state index in [-0.39, 0.29) is 5.97 Å². The molecule has 0 rings (SSSR count). The lowest BCUT2D eigenvalue weighted by Gasteiger charge is -2.17. The van der Waals surface area contributed by atoms with E-state index in [1.54, 1.807) is 0 Å². The molecule has 0 amide bonds. The van der Waals surface area contributed by atoms with Gasteiger partial charge in [0.25, 0.3) is 0 Å². The van der Waals surface area contributed by atoms with Gasteiger partial charge in [0.05, 0.1) is 6.61 Å². The van der Waals surface area contributed by atoms with Gasteiger partial charge in [-0.3, -0.25) is 4.79 Å². The fourth-order valence-electron chi connectivity index (χ4n) is 1.42. The lowest BCUT2D eigenvalue weighted by molar-refractivity contribution is -0.178. The van der Waals surface area contributed by atoms with E-state index in [2.05, 4.69) is 13.8 Å². The van der Waals surface area contributed by atoms with E-state index in [1.807, 2.05) is 0 Å². The molecule has 0 fully saturated rings. The maximum atomic E-state index is 10.9. The van der Waals surface area contributed by atoms with Crippen molar-refractivity contribution < 1.29 is 19.0 Å². The number of unbranched alkanes of at least 4 members (excludes halogenated alkanes) is 2. The van der Waals surface area contributed by atoms with Crippen LogP contribution in [0.3, 0.4) is 0 Å². The van der Waals surface area contributed by atoms with Gasteiger partial charge >= 0.3 is 5.97 Å². The highest BCUT2D eigenvalue weighted by Crippen LogP contribution is 2.07. The van der Waals surface area contributed by atoms with Gasteiger partial charge in [-0.2, -0.15) is 0 Å². The first-order valence-electron chi connectivity index (χ1n) is 7.07. The summed E-state index contributed by atoms with van der Waals surface area (Å²) in [7, 11) is 0. The average Bonchev–Trinajstić information content (AvgIpc) is 2.33. The van der Waals surface area contributed by atoms with Gasteiger partial charge in [0.1, 0.15) is 0 Å². The van der Waals surface area contributed by atoms with Crippen LogP contribution in [0.15, 0.2) is 0 Å². The first kappa shape index (κ1) is 17.4. The molecule has 0 spiro atoms.